The number of hydrogen-bond acceptors (Lipinski definition) is 2. The molecule has 3 fully saturated rings. The lowest BCUT2D eigenvalue weighted by atomic mass is 9.83. The van der Waals surface area contributed by atoms with Gasteiger partial charge in [-0.05, 0) is 30.7 Å². The van der Waals surface area contributed by atoms with E-state index >= 15 is 0 Å². The first-order chi connectivity index (χ1) is 5.78. The van der Waals surface area contributed by atoms with Crippen LogP contribution in [-0.4, -0.2) is 37.1 Å². The minimum atomic E-state index is 0.614. The molecule has 0 radical (unpaired) electrons. The Labute approximate surface area is 74.3 Å². The van der Waals surface area contributed by atoms with Gasteiger partial charge in [0, 0.05) is 25.7 Å². The molecule has 0 unspecified atom stereocenters. The van der Waals surface area contributed by atoms with Gasteiger partial charge in [0.25, 0.3) is 0 Å². The Balaban J connectivity index is 1.75. The maximum atomic E-state index is 3.52. The summed E-state index contributed by atoms with van der Waals surface area (Å²) in [6, 6.07) is 0.979. The first-order valence-corrected chi connectivity index (χ1v) is 5.23. The van der Waals surface area contributed by atoms with Crippen molar-refractivity contribution in [3.63, 3.8) is 0 Å². The quantitative estimate of drug-likeness (QED) is 0.616. The van der Waals surface area contributed by atoms with Gasteiger partial charge in [-0.25, -0.2) is 0 Å². The second-order valence-electron chi connectivity index (χ2n) is 5.14. The van der Waals surface area contributed by atoms with E-state index in [1.807, 2.05) is 0 Å². The summed E-state index contributed by atoms with van der Waals surface area (Å²) in [6.07, 6.45) is 2.94. The van der Waals surface area contributed by atoms with E-state index in [1.165, 1.54) is 39.0 Å². The summed E-state index contributed by atoms with van der Waals surface area (Å²) in [5.74, 6) is 0.943. The fourth-order valence-electron chi connectivity index (χ4n) is 2.92. The monoisotopic (exact) mass is 166 g/mol. The number of fused-ring (bicyclic) bond motifs is 1. The van der Waals surface area contributed by atoms with Gasteiger partial charge < -0.3 is 5.32 Å². The molecule has 12 heavy (non-hydrogen) atoms. The second-order valence-corrected chi connectivity index (χ2v) is 5.14. The van der Waals surface area contributed by atoms with Gasteiger partial charge in [-0.1, -0.05) is 6.92 Å². The van der Waals surface area contributed by atoms with Crippen LogP contribution < -0.4 is 5.32 Å². The highest BCUT2D eigenvalue weighted by Crippen LogP contribution is 2.42. The van der Waals surface area contributed by atoms with Gasteiger partial charge in [-0.2, -0.15) is 0 Å². The second kappa shape index (κ2) is 2.24. The lowest BCUT2D eigenvalue weighted by Gasteiger charge is -2.22. The van der Waals surface area contributed by atoms with Crippen LogP contribution in [0.1, 0.15) is 19.8 Å². The molecule has 1 aliphatic carbocycles. The molecule has 1 saturated carbocycles. The minimum absolute atomic E-state index is 0.614. The van der Waals surface area contributed by atoms with Crippen molar-refractivity contribution in [1.29, 1.82) is 0 Å². The van der Waals surface area contributed by atoms with Crippen molar-refractivity contribution in [1.82, 2.24) is 10.2 Å². The lowest BCUT2D eigenvalue weighted by Crippen LogP contribution is -2.31. The van der Waals surface area contributed by atoms with Gasteiger partial charge in [-0.3, -0.25) is 4.90 Å². The molecule has 0 aromatic carbocycles. The van der Waals surface area contributed by atoms with Crippen LogP contribution in [0.2, 0.25) is 0 Å². The third-order valence-electron chi connectivity index (χ3n) is 3.99. The van der Waals surface area contributed by atoms with E-state index in [1.54, 1.807) is 0 Å². The summed E-state index contributed by atoms with van der Waals surface area (Å²) in [4.78, 5) is 2.73. The molecule has 2 nitrogen and oxygen atoms in total. The topological polar surface area (TPSA) is 15.3 Å². The van der Waals surface area contributed by atoms with Gasteiger partial charge in [0.15, 0.2) is 0 Å². The Morgan fingerprint density at radius 1 is 1.42 bits per heavy atom. The van der Waals surface area contributed by atoms with Crippen LogP contribution in [0.5, 0.6) is 0 Å². The predicted molar refractivity (Wildman–Crippen MR) is 49.1 cm³/mol. The molecule has 0 amide bonds. The number of nitrogens with one attached hydrogen (secondary N) is 1. The third-order valence-corrected chi connectivity index (χ3v) is 3.99. The van der Waals surface area contributed by atoms with Crippen LogP contribution in [0.3, 0.4) is 0 Å². The number of nitrogens with zero attached hydrogens (tertiary/aromatic N) is 1. The Hall–Kier alpha value is -0.0800. The fraction of sp³-hybridized carbons (Fsp3) is 1.00. The van der Waals surface area contributed by atoms with Crippen molar-refractivity contribution in [2.75, 3.05) is 26.2 Å². The lowest BCUT2D eigenvalue weighted by molar-refractivity contribution is 0.271. The van der Waals surface area contributed by atoms with Gasteiger partial charge in [0.1, 0.15) is 0 Å². The van der Waals surface area contributed by atoms with Gasteiger partial charge in [-0.15, -0.1) is 0 Å². The molecule has 0 aromatic rings. The maximum Gasteiger partial charge on any atom is 0.00967 e. The van der Waals surface area contributed by atoms with Crippen LogP contribution in [0.15, 0.2) is 0 Å². The maximum absolute atomic E-state index is 3.52. The van der Waals surface area contributed by atoms with Crippen molar-refractivity contribution in [2.45, 2.75) is 25.8 Å². The molecule has 3 rings (SSSR count). The molecule has 1 N–H and O–H groups in total. The molecule has 2 heterocycles. The largest absolute Gasteiger partial charge is 0.316 e. The van der Waals surface area contributed by atoms with Gasteiger partial charge in [0.05, 0.1) is 0 Å². The van der Waals surface area contributed by atoms with Crippen LogP contribution in [0, 0.1) is 11.3 Å². The van der Waals surface area contributed by atoms with Gasteiger partial charge >= 0.3 is 0 Å². The summed E-state index contributed by atoms with van der Waals surface area (Å²) < 4.78 is 0. The summed E-state index contributed by atoms with van der Waals surface area (Å²) in [6.45, 7) is 7.70. The Bertz CT molecular complexity index is 200. The van der Waals surface area contributed by atoms with Crippen LogP contribution in [-0.2, 0) is 0 Å². The number of hydrogen-bond donors (Lipinski definition) is 1. The molecule has 68 valence electrons. The summed E-state index contributed by atoms with van der Waals surface area (Å²) in [5, 5.41) is 3.52. The standard InChI is InChI=1S/C10H18N2/c1-10-6-11-4-8(10)5-12(7-10)9-2-3-9/h8-9,11H,2-7H2,1H3/t8-,10+/m0/s1. The van der Waals surface area contributed by atoms with E-state index in [-0.39, 0.29) is 0 Å². The van der Waals surface area contributed by atoms with Crippen molar-refractivity contribution in [3.05, 3.63) is 0 Å². The zero-order valence-corrected chi connectivity index (χ0v) is 7.84. The van der Waals surface area contributed by atoms with Crippen molar-refractivity contribution < 1.29 is 0 Å². The first-order valence-electron chi connectivity index (χ1n) is 5.23. The van der Waals surface area contributed by atoms with Gasteiger partial charge in [0.2, 0.25) is 0 Å². The highest BCUT2D eigenvalue weighted by atomic mass is 15.2. The summed E-state index contributed by atoms with van der Waals surface area (Å²) >= 11 is 0. The van der Waals surface area contributed by atoms with Crippen molar-refractivity contribution in [2.24, 2.45) is 11.3 Å². The first kappa shape index (κ1) is 7.34. The molecule has 2 saturated heterocycles. The van der Waals surface area contributed by atoms with Crippen LogP contribution in [0.4, 0.5) is 0 Å². The molecule has 2 heteroatoms. The zero-order chi connectivity index (χ0) is 8.18. The normalized spacial score (nSPS) is 48.2. The Morgan fingerprint density at radius 3 is 2.92 bits per heavy atom. The van der Waals surface area contributed by atoms with E-state index < -0.39 is 0 Å². The van der Waals surface area contributed by atoms with Crippen LogP contribution >= 0.6 is 0 Å². The van der Waals surface area contributed by atoms with E-state index in [2.05, 4.69) is 17.1 Å². The average molecular weight is 166 g/mol. The van der Waals surface area contributed by atoms with E-state index in [0.717, 1.165) is 12.0 Å². The van der Waals surface area contributed by atoms with Crippen molar-refractivity contribution in [3.8, 4) is 0 Å². The summed E-state index contributed by atoms with van der Waals surface area (Å²) in [5.41, 5.74) is 0.614. The van der Waals surface area contributed by atoms with E-state index in [0.29, 0.717) is 5.41 Å². The highest BCUT2D eigenvalue weighted by molar-refractivity contribution is 5.03. The average Bonchev–Trinajstić information content (AvgIpc) is 2.71. The molecule has 2 atom stereocenters. The molecule has 0 spiro atoms. The number of rotatable bonds is 1. The van der Waals surface area contributed by atoms with E-state index in [4.69, 9.17) is 0 Å². The van der Waals surface area contributed by atoms with E-state index in [9.17, 15) is 0 Å². The zero-order valence-electron chi connectivity index (χ0n) is 7.84. The molecular weight excluding hydrogens is 148 g/mol. The van der Waals surface area contributed by atoms with Crippen LogP contribution in [0.25, 0.3) is 0 Å². The highest BCUT2D eigenvalue weighted by Gasteiger charge is 2.49. The smallest absolute Gasteiger partial charge is 0.00967 e. The third kappa shape index (κ3) is 0.944. The molecule has 0 bridgehead atoms. The summed E-state index contributed by atoms with van der Waals surface area (Å²) in [7, 11) is 0. The SMILES string of the molecule is C[C@]12CNC[C@H]1CN(C1CC1)C2. The Kier molecular flexibility index (Phi) is 1.37. The van der Waals surface area contributed by atoms with Crippen molar-refractivity contribution >= 4 is 0 Å². The predicted octanol–water partition coefficient (Wildman–Crippen LogP) is 0.690. The Morgan fingerprint density at radius 2 is 2.25 bits per heavy atom. The molecule has 3 aliphatic rings. The molecular formula is C10H18N2. The minimum Gasteiger partial charge on any atom is -0.316 e. The number of likely N-dealkylation sites (tertiary alicyclic amines) is 1. The molecule has 2 aliphatic heterocycles. The fourth-order valence-corrected chi connectivity index (χ4v) is 2.92. The molecule has 0 aromatic heterocycles.